The molecule has 0 unspecified atom stereocenters. The Balaban J connectivity index is 3.19. The van der Waals surface area contributed by atoms with Crippen LogP contribution < -0.4 is 0 Å². The van der Waals surface area contributed by atoms with Crippen molar-refractivity contribution in [1.82, 2.24) is 0 Å². The number of hydrogen-bond acceptors (Lipinski definition) is 2. The maximum Gasteiger partial charge on any atom is 0.310 e. The van der Waals surface area contributed by atoms with Crippen LogP contribution in [0.3, 0.4) is 0 Å². The summed E-state index contributed by atoms with van der Waals surface area (Å²) in [7, 11) is 0. The van der Waals surface area contributed by atoms with Gasteiger partial charge in [-0.25, -0.2) is 0 Å². The van der Waals surface area contributed by atoms with Crippen LogP contribution in [0.5, 0.6) is 0 Å². The SMILES string of the molecule is C=COC(=O)CCCC/C=C/C. The molecule has 0 radical (unpaired) electrons. The van der Waals surface area contributed by atoms with E-state index < -0.39 is 0 Å². The fourth-order valence-electron chi connectivity index (χ4n) is 0.850. The summed E-state index contributed by atoms with van der Waals surface area (Å²) in [5.41, 5.74) is 0. The fraction of sp³-hybridized carbons (Fsp3) is 0.500. The zero-order chi connectivity index (χ0) is 9.23. The van der Waals surface area contributed by atoms with Gasteiger partial charge in [-0.2, -0.15) is 0 Å². The van der Waals surface area contributed by atoms with Crippen molar-refractivity contribution in [2.24, 2.45) is 0 Å². The lowest BCUT2D eigenvalue weighted by Gasteiger charge is -1.96. The van der Waals surface area contributed by atoms with Crippen molar-refractivity contribution < 1.29 is 9.53 Å². The van der Waals surface area contributed by atoms with E-state index in [1.54, 1.807) is 0 Å². The van der Waals surface area contributed by atoms with E-state index in [1.807, 2.05) is 13.0 Å². The topological polar surface area (TPSA) is 26.3 Å². The molecule has 0 N–H and O–H groups in total. The Bertz CT molecular complexity index is 159. The third-order valence-corrected chi connectivity index (χ3v) is 1.45. The minimum Gasteiger partial charge on any atom is -0.435 e. The highest BCUT2D eigenvalue weighted by atomic mass is 16.5. The molecule has 0 rings (SSSR count). The van der Waals surface area contributed by atoms with Crippen molar-refractivity contribution in [3.8, 4) is 0 Å². The maximum absolute atomic E-state index is 10.8. The van der Waals surface area contributed by atoms with E-state index >= 15 is 0 Å². The Kier molecular flexibility index (Phi) is 7.35. The van der Waals surface area contributed by atoms with Crippen LogP contribution in [-0.2, 0) is 9.53 Å². The lowest BCUT2D eigenvalue weighted by molar-refractivity contribution is -0.138. The highest BCUT2D eigenvalue weighted by Gasteiger charge is 1.98. The van der Waals surface area contributed by atoms with Gasteiger partial charge in [-0.1, -0.05) is 18.7 Å². The summed E-state index contributed by atoms with van der Waals surface area (Å²) in [6, 6.07) is 0. The Morgan fingerprint density at radius 2 is 2.25 bits per heavy atom. The van der Waals surface area contributed by atoms with E-state index in [1.165, 1.54) is 6.26 Å². The van der Waals surface area contributed by atoms with Gasteiger partial charge in [-0.05, 0) is 26.2 Å². The van der Waals surface area contributed by atoms with E-state index in [-0.39, 0.29) is 5.97 Å². The molecular formula is C10H16O2. The average Bonchev–Trinajstić information content (AvgIpc) is 2.05. The number of carbonyl (C=O) groups excluding carboxylic acids is 1. The maximum atomic E-state index is 10.8. The normalized spacial score (nSPS) is 10.1. The zero-order valence-electron chi connectivity index (χ0n) is 7.58. The van der Waals surface area contributed by atoms with Crippen molar-refractivity contribution in [1.29, 1.82) is 0 Å². The molecule has 68 valence electrons. The predicted molar refractivity (Wildman–Crippen MR) is 49.6 cm³/mol. The molecule has 0 saturated heterocycles. The van der Waals surface area contributed by atoms with Crippen LogP contribution in [0, 0.1) is 0 Å². The van der Waals surface area contributed by atoms with Gasteiger partial charge in [0.25, 0.3) is 0 Å². The molecule has 0 amide bonds. The van der Waals surface area contributed by atoms with Crippen LogP contribution in [0.4, 0.5) is 0 Å². The van der Waals surface area contributed by atoms with Crippen LogP contribution >= 0.6 is 0 Å². The minimum atomic E-state index is -0.189. The number of unbranched alkanes of at least 4 members (excludes halogenated alkanes) is 2. The van der Waals surface area contributed by atoms with Crippen LogP contribution in [0.2, 0.25) is 0 Å². The zero-order valence-corrected chi connectivity index (χ0v) is 7.58. The van der Waals surface area contributed by atoms with Crippen LogP contribution in [-0.4, -0.2) is 5.97 Å². The lowest BCUT2D eigenvalue weighted by Crippen LogP contribution is -1.98. The molecule has 0 spiro atoms. The third kappa shape index (κ3) is 7.06. The molecule has 12 heavy (non-hydrogen) atoms. The molecule has 0 aliphatic rings. The first kappa shape index (κ1) is 11.0. The third-order valence-electron chi connectivity index (χ3n) is 1.45. The summed E-state index contributed by atoms with van der Waals surface area (Å²) >= 11 is 0. The number of rotatable bonds is 6. The number of ether oxygens (including phenoxy) is 1. The monoisotopic (exact) mass is 168 g/mol. The van der Waals surface area contributed by atoms with Gasteiger partial charge in [0.2, 0.25) is 0 Å². The van der Waals surface area contributed by atoms with Gasteiger partial charge in [0, 0.05) is 6.42 Å². The number of allylic oxidation sites excluding steroid dienone is 2. The number of esters is 1. The second-order valence-electron chi connectivity index (χ2n) is 2.47. The standard InChI is InChI=1S/C10H16O2/c1-3-5-6-7-8-9-10(11)12-4-2/h3-5H,2,6-9H2,1H3/b5-3+. The summed E-state index contributed by atoms with van der Waals surface area (Å²) in [6.45, 7) is 5.30. The quantitative estimate of drug-likeness (QED) is 0.264. The van der Waals surface area contributed by atoms with Crippen LogP contribution in [0.15, 0.2) is 25.0 Å². The molecule has 0 aromatic heterocycles. The lowest BCUT2D eigenvalue weighted by atomic mass is 10.2. The molecule has 0 fully saturated rings. The van der Waals surface area contributed by atoms with Gasteiger partial charge in [0.15, 0.2) is 0 Å². The van der Waals surface area contributed by atoms with E-state index in [0.717, 1.165) is 19.3 Å². The summed E-state index contributed by atoms with van der Waals surface area (Å²) in [4.78, 5) is 10.8. The van der Waals surface area contributed by atoms with Gasteiger partial charge >= 0.3 is 5.97 Å². The molecule has 0 bridgehead atoms. The second-order valence-corrected chi connectivity index (χ2v) is 2.47. The first-order chi connectivity index (χ1) is 5.81. The molecule has 2 heteroatoms. The molecule has 0 aromatic carbocycles. The molecule has 0 aliphatic heterocycles. The number of carbonyl (C=O) groups is 1. The Hall–Kier alpha value is -1.05. The van der Waals surface area contributed by atoms with E-state index in [2.05, 4.69) is 17.4 Å². The van der Waals surface area contributed by atoms with E-state index in [4.69, 9.17) is 0 Å². The van der Waals surface area contributed by atoms with Gasteiger partial charge in [0.1, 0.15) is 0 Å². The minimum absolute atomic E-state index is 0.189. The highest BCUT2D eigenvalue weighted by molar-refractivity contribution is 5.69. The Morgan fingerprint density at radius 3 is 2.83 bits per heavy atom. The summed E-state index contributed by atoms with van der Waals surface area (Å²) in [6.07, 6.45) is 8.74. The van der Waals surface area contributed by atoms with E-state index in [0.29, 0.717) is 6.42 Å². The first-order valence-corrected chi connectivity index (χ1v) is 4.22. The van der Waals surface area contributed by atoms with Gasteiger partial charge in [0.05, 0.1) is 6.26 Å². The summed E-state index contributed by atoms with van der Waals surface area (Å²) in [5, 5.41) is 0. The predicted octanol–water partition coefficient (Wildman–Crippen LogP) is 2.81. The number of hydrogen-bond donors (Lipinski definition) is 0. The first-order valence-electron chi connectivity index (χ1n) is 4.22. The van der Waals surface area contributed by atoms with Crippen LogP contribution in [0.25, 0.3) is 0 Å². The molecule has 0 heterocycles. The van der Waals surface area contributed by atoms with Crippen molar-refractivity contribution in [2.45, 2.75) is 32.6 Å². The molecule has 2 nitrogen and oxygen atoms in total. The van der Waals surface area contributed by atoms with E-state index in [9.17, 15) is 4.79 Å². The largest absolute Gasteiger partial charge is 0.435 e. The molecule has 0 atom stereocenters. The molecule has 0 aromatic rings. The van der Waals surface area contributed by atoms with Crippen LogP contribution in [0.1, 0.15) is 32.6 Å². The smallest absolute Gasteiger partial charge is 0.310 e. The molecule has 0 aliphatic carbocycles. The van der Waals surface area contributed by atoms with Crippen molar-refractivity contribution in [3.63, 3.8) is 0 Å². The molecule has 0 saturated carbocycles. The highest BCUT2D eigenvalue weighted by Crippen LogP contribution is 2.01. The van der Waals surface area contributed by atoms with Gasteiger partial charge < -0.3 is 4.74 Å². The second kappa shape index (κ2) is 8.05. The fourth-order valence-corrected chi connectivity index (χ4v) is 0.850. The Labute approximate surface area is 73.9 Å². The van der Waals surface area contributed by atoms with Gasteiger partial charge in [-0.3, -0.25) is 4.79 Å². The molecular weight excluding hydrogens is 152 g/mol. The van der Waals surface area contributed by atoms with Gasteiger partial charge in [-0.15, -0.1) is 0 Å². The average molecular weight is 168 g/mol. The van der Waals surface area contributed by atoms with Crippen molar-refractivity contribution in [3.05, 3.63) is 25.0 Å². The summed E-state index contributed by atoms with van der Waals surface area (Å²) < 4.78 is 4.56. The Morgan fingerprint density at radius 1 is 1.50 bits per heavy atom. The summed E-state index contributed by atoms with van der Waals surface area (Å²) in [5.74, 6) is -0.189. The van der Waals surface area contributed by atoms with Crippen molar-refractivity contribution >= 4 is 5.97 Å². The van der Waals surface area contributed by atoms with Crippen molar-refractivity contribution in [2.75, 3.05) is 0 Å².